The van der Waals surface area contributed by atoms with Crippen LogP contribution in [0.15, 0.2) is 6.20 Å². The Hall–Kier alpha value is -1.36. The van der Waals surface area contributed by atoms with Gasteiger partial charge in [0.15, 0.2) is 0 Å². The number of nitrogens with zero attached hydrogens (tertiary/aromatic N) is 1. The van der Waals surface area contributed by atoms with E-state index < -0.39 is 0 Å². The summed E-state index contributed by atoms with van der Waals surface area (Å²) in [6, 6.07) is -0.108. The Morgan fingerprint density at radius 2 is 2.21 bits per heavy atom. The van der Waals surface area contributed by atoms with Crippen molar-refractivity contribution in [3.05, 3.63) is 17.5 Å². The fraction of sp³-hybridized carbons (Fsp3) is 0.714. The Bertz CT molecular complexity index is 406. The zero-order valence-electron chi connectivity index (χ0n) is 12.4. The van der Waals surface area contributed by atoms with Gasteiger partial charge in [-0.1, -0.05) is 20.8 Å². The van der Waals surface area contributed by atoms with Gasteiger partial charge < -0.3 is 11.1 Å². The molecule has 1 aromatic heterocycles. The van der Waals surface area contributed by atoms with Gasteiger partial charge in [-0.15, -0.1) is 0 Å². The van der Waals surface area contributed by atoms with Gasteiger partial charge in [0.05, 0.1) is 6.20 Å². The molecule has 1 aromatic rings. The second-order valence-corrected chi connectivity index (χ2v) is 6.15. The number of hydrogen-bond donors (Lipinski definition) is 3. The number of carbonyl (C=O) groups is 1. The molecule has 0 bridgehead atoms. The molecule has 0 fully saturated rings. The predicted molar refractivity (Wildman–Crippen MR) is 76.7 cm³/mol. The standard InChI is InChI=1S/C14H26N4O/c1-10-11(9-17-18-10)6-5-7-16-13(19)8-12(15)14(2,3)4/h9,12H,5-8,15H2,1-4H3,(H,16,19)(H,17,18). The SMILES string of the molecule is Cc1[nH]ncc1CCCNC(=O)CC(N)C(C)(C)C. The van der Waals surface area contributed by atoms with Gasteiger partial charge in [-0.3, -0.25) is 9.89 Å². The smallest absolute Gasteiger partial charge is 0.221 e. The molecule has 1 rings (SSSR count). The molecular formula is C14H26N4O. The molecule has 0 aliphatic carbocycles. The largest absolute Gasteiger partial charge is 0.356 e. The van der Waals surface area contributed by atoms with Crippen LogP contribution in [0.1, 0.15) is 44.9 Å². The molecule has 1 amide bonds. The zero-order valence-corrected chi connectivity index (χ0v) is 12.4. The second-order valence-electron chi connectivity index (χ2n) is 6.15. The van der Waals surface area contributed by atoms with Gasteiger partial charge in [0.2, 0.25) is 5.91 Å². The summed E-state index contributed by atoms with van der Waals surface area (Å²) in [5.41, 5.74) is 8.25. The summed E-state index contributed by atoms with van der Waals surface area (Å²) in [6.07, 6.45) is 4.06. The van der Waals surface area contributed by atoms with Gasteiger partial charge in [0.1, 0.15) is 0 Å². The number of aromatic nitrogens is 2. The van der Waals surface area contributed by atoms with Crippen LogP contribution < -0.4 is 11.1 Å². The highest BCUT2D eigenvalue weighted by atomic mass is 16.1. The first-order chi connectivity index (χ1) is 8.80. The third kappa shape index (κ3) is 5.42. The van der Waals surface area contributed by atoms with E-state index in [0.717, 1.165) is 18.5 Å². The van der Waals surface area contributed by atoms with Gasteiger partial charge in [-0.25, -0.2) is 0 Å². The number of nitrogens with two attached hydrogens (primary N) is 1. The van der Waals surface area contributed by atoms with Crippen LogP contribution in [0.3, 0.4) is 0 Å². The average molecular weight is 266 g/mol. The van der Waals surface area contributed by atoms with E-state index in [2.05, 4.69) is 15.5 Å². The zero-order chi connectivity index (χ0) is 14.5. The Labute approximate surface area is 115 Å². The summed E-state index contributed by atoms with van der Waals surface area (Å²) in [7, 11) is 0. The fourth-order valence-corrected chi connectivity index (χ4v) is 1.71. The topological polar surface area (TPSA) is 83.8 Å². The van der Waals surface area contributed by atoms with E-state index in [-0.39, 0.29) is 17.4 Å². The quantitative estimate of drug-likeness (QED) is 0.683. The predicted octanol–water partition coefficient (Wildman–Crippen LogP) is 1.53. The molecule has 4 N–H and O–H groups in total. The number of aryl methyl sites for hydroxylation is 2. The number of carbonyl (C=O) groups excluding carboxylic acids is 1. The molecule has 0 spiro atoms. The van der Waals surface area contributed by atoms with Crippen molar-refractivity contribution in [1.29, 1.82) is 0 Å². The maximum Gasteiger partial charge on any atom is 0.221 e. The van der Waals surface area contributed by atoms with E-state index in [1.165, 1.54) is 5.56 Å². The van der Waals surface area contributed by atoms with Crippen molar-refractivity contribution >= 4 is 5.91 Å². The summed E-state index contributed by atoms with van der Waals surface area (Å²) >= 11 is 0. The lowest BCUT2D eigenvalue weighted by atomic mass is 9.85. The summed E-state index contributed by atoms with van der Waals surface area (Å²) in [5.74, 6) is 0.0336. The number of aromatic amines is 1. The molecule has 5 heteroatoms. The molecule has 0 radical (unpaired) electrons. The van der Waals surface area contributed by atoms with E-state index in [1.54, 1.807) is 0 Å². The van der Waals surface area contributed by atoms with Crippen molar-refractivity contribution in [2.24, 2.45) is 11.1 Å². The van der Waals surface area contributed by atoms with Crippen LogP contribution in [-0.2, 0) is 11.2 Å². The number of amides is 1. The molecule has 1 heterocycles. The third-order valence-electron chi connectivity index (χ3n) is 3.40. The van der Waals surface area contributed by atoms with Gasteiger partial charge in [-0.05, 0) is 30.7 Å². The van der Waals surface area contributed by atoms with Crippen molar-refractivity contribution in [3.63, 3.8) is 0 Å². The number of rotatable bonds is 6. The monoisotopic (exact) mass is 266 g/mol. The summed E-state index contributed by atoms with van der Waals surface area (Å²) in [6.45, 7) is 8.83. The van der Waals surface area contributed by atoms with E-state index in [4.69, 9.17) is 5.73 Å². The van der Waals surface area contributed by atoms with Gasteiger partial charge in [0, 0.05) is 24.7 Å². The lowest BCUT2D eigenvalue weighted by molar-refractivity contribution is -0.121. The summed E-state index contributed by atoms with van der Waals surface area (Å²) in [4.78, 5) is 11.7. The molecule has 0 saturated carbocycles. The van der Waals surface area contributed by atoms with Crippen LogP contribution in [0.4, 0.5) is 0 Å². The molecule has 5 nitrogen and oxygen atoms in total. The van der Waals surface area contributed by atoms with Crippen LogP contribution in [0.2, 0.25) is 0 Å². The van der Waals surface area contributed by atoms with Crippen molar-refractivity contribution in [3.8, 4) is 0 Å². The molecule has 108 valence electrons. The summed E-state index contributed by atoms with van der Waals surface area (Å²) < 4.78 is 0. The highest BCUT2D eigenvalue weighted by Gasteiger charge is 2.22. The highest BCUT2D eigenvalue weighted by Crippen LogP contribution is 2.19. The van der Waals surface area contributed by atoms with Crippen LogP contribution in [0.5, 0.6) is 0 Å². The van der Waals surface area contributed by atoms with Crippen molar-refractivity contribution in [2.75, 3.05) is 6.54 Å². The first-order valence-corrected chi connectivity index (χ1v) is 6.82. The molecule has 19 heavy (non-hydrogen) atoms. The molecule has 0 saturated heterocycles. The molecule has 1 unspecified atom stereocenters. The third-order valence-corrected chi connectivity index (χ3v) is 3.40. The van der Waals surface area contributed by atoms with Crippen LogP contribution in [0, 0.1) is 12.3 Å². The van der Waals surface area contributed by atoms with Crippen LogP contribution in [0.25, 0.3) is 0 Å². The minimum Gasteiger partial charge on any atom is -0.356 e. The highest BCUT2D eigenvalue weighted by molar-refractivity contribution is 5.76. The first-order valence-electron chi connectivity index (χ1n) is 6.82. The molecule has 0 aliphatic heterocycles. The van der Waals surface area contributed by atoms with E-state index in [0.29, 0.717) is 13.0 Å². The minimum atomic E-state index is -0.108. The lowest BCUT2D eigenvalue weighted by Gasteiger charge is -2.26. The van der Waals surface area contributed by atoms with E-state index in [9.17, 15) is 4.79 Å². The van der Waals surface area contributed by atoms with Crippen LogP contribution >= 0.6 is 0 Å². The minimum absolute atomic E-state index is 0.0336. The second kappa shape index (κ2) is 6.70. The van der Waals surface area contributed by atoms with Gasteiger partial charge >= 0.3 is 0 Å². The lowest BCUT2D eigenvalue weighted by Crippen LogP contribution is -2.40. The Balaban J connectivity index is 2.19. The van der Waals surface area contributed by atoms with Crippen LogP contribution in [-0.4, -0.2) is 28.7 Å². The normalized spacial score (nSPS) is 13.3. The Morgan fingerprint density at radius 3 is 2.74 bits per heavy atom. The molecule has 0 aliphatic rings. The molecular weight excluding hydrogens is 240 g/mol. The van der Waals surface area contributed by atoms with E-state index >= 15 is 0 Å². The van der Waals surface area contributed by atoms with Gasteiger partial charge in [-0.2, -0.15) is 5.10 Å². The maximum atomic E-state index is 11.7. The molecule has 1 atom stereocenters. The fourth-order valence-electron chi connectivity index (χ4n) is 1.71. The first kappa shape index (κ1) is 15.7. The van der Waals surface area contributed by atoms with Crippen molar-refractivity contribution < 1.29 is 4.79 Å². The number of hydrogen-bond acceptors (Lipinski definition) is 3. The molecule has 0 aromatic carbocycles. The maximum absolute atomic E-state index is 11.7. The average Bonchev–Trinajstić information content (AvgIpc) is 2.69. The van der Waals surface area contributed by atoms with E-state index in [1.807, 2.05) is 33.9 Å². The summed E-state index contributed by atoms with van der Waals surface area (Å²) in [5, 5.41) is 9.80. The Kier molecular flexibility index (Phi) is 5.54. The number of nitrogens with one attached hydrogen (secondary N) is 2. The number of H-pyrrole nitrogens is 1. The van der Waals surface area contributed by atoms with Crippen molar-refractivity contribution in [1.82, 2.24) is 15.5 Å². The van der Waals surface area contributed by atoms with Crippen molar-refractivity contribution in [2.45, 2.75) is 53.0 Å². The van der Waals surface area contributed by atoms with Gasteiger partial charge in [0.25, 0.3) is 0 Å². The Morgan fingerprint density at radius 1 is 1.53 bits per heavy atom.